The molecule has 0 rings (SSSR count). The molecule has 1 atom stereocenters. The highest BCUT2D eigenvalue weighted by atomic mass is 32.2. The predicted molar refractivity (Wildman–Crippen MR) is 33.5 cm³/mol. The van der Waals surface area contributed by atoms with Crippen molar-refractivity contribution in [2.75, 3.05) is 12.0 Å². The van der Waals surface area contributed by atoms with Gasteiger partial charge in [-0.2, -0.15) is 0 Å². The minimum absolute atomic E-state index is 0.633. The highest BCUT2D eigenvalue weighted by Crippen LogP contribution is 1.98. The third-order valence-electron chi connectivity index (χ3n) is 0.492. The number of hydrogen-bond donors (Lipinski definition) is 0. The molecule has 0 bridgehead atoms. The summed E-state index contributed by atoms with van der Waals surface area (Å²) in [7, 11) is 0. The van der Waals surface area contributed by atoms with Crippen molar-refractivity contribution in [3.05, 3.63) is 5.92 Å². The third-order valence-corrected chi connectivity index (χ3v) is 1.48. The third kappa shape index (κ3) is 6.31. The van der Waals surface area contributed by atoms with Crippen molar-refractivity contribution in [1.29, 1.82) is 0 Å². The normalized spacial score (nSPS) is 15.0. The second-order valence-electron chi connectivity index (χ2n) is 1.92. The Bertz CT molecular complexity index is 37.3. The van der Waals surface area contributed by atoms with Crippen LogP contribution < -0.4 is 0 Å². The van der Waals surface area contributed by atoms with E-state index in [-0.39, 0.29) is 0 Å². The summed E-state index contributed by atoms with van der Waals surface area (Å²) in [5.74, 6) is 1.99. The van der Waals surface area contributed by atoms with Gasteiger partial charge in [0.1, 0.15) is 5.75 Å². The van der Waals surface area contributed by atoms with Gasteiger partial charge in [-0.15, -0.1) is 0 Å². The maximum Gasteiger partial charge on any atom is 0.111 e. The molecule has 0 aliphatic carbocycles. The van der Waals surface area contributed by atoms with Gasteiger partial charge in [-0.1, -0.05) is 25.0 Å². The van der Waals surface area contributed by atoms with Gasteiger partial charge in [0.25, 0.3) is 0 Å². The summed E-state index contributed by atoms with van der Waals surface area (Å²) in [4.78, 5) is 0. The zero-order valence-corrected chi connectivity index (χ0v) is 5.84. The fourth-order valence-electron chi connectivity index (χ4n) is 0.407. The molecule has 0 N–H and O–H groups in total. The van der Waals surface area contributed by atoms with E-state index >= 15 is 0 Å². The van der Waals surface area contributed by atoms with Crippen molar-refractivity contribution >= 4 is 11.2 Å². The van der Waals surface area contributed by atoms with Crippen molar-refractivity contribution in [3.8, 4) is 0 Å². The zero-order chi connectivity index (χ0) is 5.86. The lowest BCUT2D eigenvalue weighted by Crippen LogP contribution is -2.06. The van der Waals surface area contributed by atoms with Crippen LogP contribution in [0.3, 0.4) is 0 Å². The van der Waals surface area contributed by atoms with Gasteiger partial charge in [0.15, 0.2) is 0 Å². The Balaban J connectivity index is 2.95. The van der Waals surface area contributed by atoms with Crippen LogP contribution >= 0.6 is 0 Å². The summed E-state index contributed by atoms with van der Waals surface area (Å²) in [6, 6.07) is 0. The average Bonchev–Trinajstić information content (AvgIpc) is 1.27. The molecule has 0 saturated heterocycles. The van der Waals surface area contributed by atoms with E-state index in [2.05, 4.69) is 0 Å². The van der Waals surface area contributed by atoms with Gasteiger partial charge in [-0.25, -0.2) is 0 Å². The van der Waals surface area contributed by atoms with Crippen LogP contribution in [-0.2, 0) is 11.2 Å². The summed E-state index contributed by atoms with van der Waals surface area (Å²) in [6.07, 6.45) is 1.72. The van der Waals surface area contributed by atoms with Gasteiger partial charge in [-0.05, 0) is 0 Å². The van der Waals surface area contributed by atoms with Crippen LogP contribution in [0, 0.1) is 5.92 Å². The molecule has 0 aromatic rings. The molecule has 7 heavy (non-hydrogen) atoms. The Morgan fingerprint density at radius 3 is 2.00 bits per heavy atom. The predicted octanol–water partition coefficient (Wildman–Crippen LogP) is 0.979. The average molecular weight is 119 g/mol. The van der Waals surface area contributed by atoms with Crippen LogP contribution in [0.25, 0.3) is 0 Å². The highest BCUT2D eigenvalue weighted by Gasteiger charge is 2.00. The molecule has 0 saturated carbocycles. The van der Waals surface area contributed by atoms with E-state index < -0.39 is 11.2 Å². The summed E-state index contributed by atoms with van der Waals surface area (Å²) < 4.78 is 10.3. The molecule has 0 aliphatic heterocycles. The van der Waals surface area contributed by atoms with Gasteiger partial charge in [-0.3, -0.25) is 0 Å². The zero-order valence-electron chi connectivity index (χ0n) is 5.02. The number of rotatable bonds is 2. The van der Waals surface area contributed by atoms with Crippen molar-refractivity contribution in [1.82, 2.24) is 0 Å². The SMILES string of the molecule is C[C](C)C[S+](C)[O-]. The second kappa shape index (κ2) is 3.33. The van der Waals surface area contributed by atoms with Crippen LogP contribution in [0.2, 0.25) is 0 Å². The Labute approximate surface area is 48.3 Å². The molecule has 0 amide bonds. The highest BCUT2D eigenvalue weighted by molar-refractivity contribution is 7.90. The first-order valence-electron chi connectivity index (χ1n) is 2.22. The maximum atomic E-state index is 10.3. The summed E-state index contributed by atoms with van der Waals surface area (Å²) in [5, 5.41) is 0. The molecular weight excluding hydrogens is 108 g/mol. The lowest BCUT2D eigenvalue weighted by atomic mass is 10.3. The smallest absolute Gasteiger partial charge is 0.111 e. The van der Waals surface area contributed by atoms with Crippen LogP contribution in [0.15, 0.2) is 0 Å². The molecule has 2 heteroatoms. The van der Waals surface area contributed by atoms with Gasteiger partial charge < -0.3 is 4.55 Å². The number of hydrogen-bond acceptors (Lipinski definition) is 1. The molecule has 1 unspecified atom stereocenters. The first kappa shape index (κ1) is 7.31. The van der Waals surface area contributed by atoms with E-state index in [1.807, 2.05) is 13.8 Å². The fourth-order valence-corrected chi connectivity index (χ4v) is 1.22. The first-order valence-corrected chi connectivity index (χ1v) is 3.94. The molecular formula is C5H11OS. The Kier molecular flexibility index (Phi) is 3.48. The summed E-state index contributed by atoms with van der Waals surface area (Å²) >= 11 is -0.633. The van der Waals surface area contributed by atoms with Crippen molar-refractivity contribution in [2.24, 2.45) is 0 Å². The fraction of sp³-hybridized carbons (Fsp3) is 0.800. The molecule has 43 valence electrons. The van der Waals surface area contributed by atoms with Crippen LogP contribution in [0.5, 0.6) is 0 Å². The van der Waals surface area contributed by atoms with E-state index in [0.29, 0.717) is 0 Å². The van der Waals surface area contributed by atoms with Gasteiger partial charge in [0.2, 0.25) is 0 Å². The second-order valence-corrected chi connectivity index (χ2v) is 3.36. The van der Waals surface area contributed by atoms with E-state index in [1.54, 1.807) is 6.26 Å². The van der Waals surface area contributed by atoms with Crippen molar-refractivity contribution in [2.45, 2.75) is 13.8 Å². The van der Waals surface area contributed by atoms with Gasteiger partial charge >= 0.3 is 0 Å². The molecule has 0 spiro atoms. The first-order chi connectivity index (χ1) is 3.13. The van der Waals surface area contributed by atoms with Crippen molar-refractivity contribution in [3.63, 3.8) is 0 Å². The summed E-state index contributed by atoms with van der Waals surface area (Å²) in [5.41, 5.74) is 0. The molecule has 0 aliphatic rings. The van der Waals surface area contributed by atoms with Gasteiger partial charge in [0.05, 0.1) is 6.26 Å². The van der Waals surface area contributed by atoms with E-state index in [9.17, 15) is 4.55 Å². The molecule has 1 nitrogen and oxygen atoms in total. The van der Waals surface area contributed by atoms with Crippen LogP contribution in [0.4, 0.5) is 0 Å². The molecule has 0 aromatic heterocycles. The van der Waals surface area contributed by atoms with E-state index in [4.69, 9.17) is 0 Å². The van der Waals surface area contributed by atoms with Crippen LogP contribution in [-0.4, -0.2) is 16.6 Å². The Morgan fingerprint density at radius 1 is 1.57 bits per heavy atom. The lowest BCUT2D eigenvalue weighted by Gasteiger charge is -2.05. The largest absolute Gasteiger partial charge is 0.617 e. The van der Waals surface area contributed by atoms with E-state index in [1.165, 1.54) is 5.92 Å². The Hall–Kier alpha value is 0.310. The van der Waals surface area contributed by atoms with Crippen LogP contribution in [0.1, 0.15) is 13.8 Å². The quantitative estimate of drug-likeness (QED) is 0.497. The molecule has 1 radical (unpaired) electrons. The topological polar surface area (TPSA) is 23.1 Å². The van der Waals surface area contributed by atoms with Gasteiger partial charge in [0, 0.05) is 5.92 Å². The molecule has 0 fully saturated rings. The Morgan fingerprint density at radius 2 is 2.00 bits per heavy atom. The minimum atomic E-state index is -0.633. The molecule has 0 heterocycles. The van der Waals surface area contributed by atoms with E-state index in [0.717, 1.165) is 5.75 Å². The lowest BCUT2D eigenvalue weighted by molar-refractivity contribution is 0.601. The summed E-state index contributed by atoms with van der Waals surface area (Å²) in [6.45, 7) is 3.98. The minimum Gasteiger partial charge on any atom is -0.617 e. The standard InChI is InChI=1S/C5H11OS/c1-5(2)4-7(3)6/h4H2,1-3H3. The maximum absolute atomic E-state index is 10.3. The molecule has 0 aromatic carbocycles. The monoisotopic (exact) mass is 119 g/mol. The van der Waals surface area contributed by atoms with Crippen molar-refractivity contribution < 1.29 is 4.55 Å².